The molecule has 2 rings (SSSR count). The van der Waals surface area contributed by atoms with Gasteiger partial charge in [-0.25, -0.2) is 0 Å². The lowest BCUT2D eigenvalue weighted by molar-refractivity contribution is -0.127. The topological polar surface area (TPSA) is 58.6 Å². The van der Waals surface area contributed by atoms with Crippen molar-refractivity contribution in [1.82, 2.24) is 5.32 Å². The Morgan fingerprint density at radius 3 is 2.27 bits per heavy atom. The van der Waals surface area contributed by atoms with E-state index in [2.05, 4.69) is 26.1 Å². The third kappa shape index (κ3) is 4.95. The lowest BCUT2D eigenvalue weighted by Crippen LogP contribution is -2.41. The first-order valence-electron chi connectivity index (χ1n) is 8.91. The molecule has 0 spiro atoms. The van der Waals surface area contributed by atoms with Gasteiger partial charge in [0.25, 0.3) is 0 Å². The van der Waals surface area contributed by atoms with E-state index in [1.165, 1.54) is 0 Å². The second-order valence-electron chi connectivity index (χ2n) is 8.18. The molecule has 0 unspecified atom stereocenters. The third-order valence-electron chi connectivity index (χ3n) is 5.62. The summed E-state index contributed by atoms with van der Waals surface area (Å²) in [6.45, 7) is 8.73. The molecule has 1 heterocycles. The van der Waals surface area contributed by atoms with Crippen molar-refractivity contribution in [2.75, 3.05) is 19.8 Å². The van der Waals surface area contributed by atoms with Gasteiger partial charge in [-0.3, -0.25) is 4.79 Å². The summed E-state index contributed by atoms with van der Waals surface area (Å²) < 4.78 is 5.31. The highest BCUT2D eigenvalue weighted by Crippen LogP contribution is 2.39. The van der Waals surface area contributed by atoms with Crippen molar-refractivity contribution in [3.05, 3.63) is 0 Å². The second-order valence-corrected chi connectivity index (χ2v) is 8.18. The van der Waals surface area contributed by atoms with Crippen LogP contribution in [0.5, 0.6) is 0 Å². The van der Waals surface area contributed by atoms with E-state index in [-0.39, 0.29) is 17.7 Å². The largest absolute Gasteiger partial charge is 0.391 e. The van der Waals surface area contributed by atoms with Gasteiger partial charge in [-0.1, -0.05) is 20.8 Å². The van der Waals surface area contributed by atoms with Crippen molar-refractivity contribution in [3.8, 4) is 0 Å². The highest BCUT2D eigenvalue weighted by molar-refractivity contribution is 5.78. The van der Waals surface area contributed by atoms with Gasteiger partial charge in [0.15, 0.2) is 0 Å². The van der Waals surface area contributed by atoms with Gasteiger partial charge in [0.05, 0.1) is 6.10 Å². The molecule has 22 heavy (non-hydrogen) atoms. The highest BCUT2D eigenvalue weighted by atomic mass is 16.5. The van der Waals surface area contributed by atoms with Gasteiger partial charge < -0.3 is 15.2 Å². The van der Waals surface area contributed by atoms with Crippen LogP contribution in [0.1, 0.15) is 59.3 Å². The molecule has 0 radical (unpaired) electrons. The van der Waals surface area contributed by atoms with Crippen LogP contribution in [0.4, 0.5) is 0 Å². The number of hydrogen-bond acceptors (Lipinski definition) is 3. The fraction of sp³-hybridized carbons (Fsp3) is 0.944. The van der Waals surface area contributed by atoms with Gasteiger partial charge in [0, 0.05) is 25.7 Å². The fourth-order valence-corrected chi connectivity index (χ4v) is 3.84. The molecule has 1 atom stereocenters. The molecule has 0 bridgehead atoms. The Morgan fingerprint density at radius 2 is 1.73 bits per heavy atom. The maximum Gasteiger partial charge on any atom is 0.223 e. The van der Waals surface area contributed by atoms with E-state index in [0.717, 1.165) is 57.7 Å². The molecule has 0 aromatic heterocycles. The fourth-order valence-electron chi connectivity index (χ4n) is 3.84. The Kier molecular flexibility index (Phi) is 6.27. The molecular formula is C18H33NO3. The van der Waals surface area contributed by atoms with E-state index in [9.17, 15) is 9.90 Å². The predicted octanol–water partition coefficient (Wildman–Crippen LogP) is 2.74. The predicted molar refractivity (Wildman–Crippen MR) is 87.5 cm³/mol. The quantitative estimate of drug-likeness (QED) is 0.839. The zero-order valence-corrected chi connectivity index (χ0v) is 14.4. The average molecular weight is 311 g/mol. The van der Waals surface area contributed by atoms with Gasteiger partial charge in [-0.2, -0.15) is 0 Å². The van der Waals surface area contributed by atoms with Crippen molar-refractivity contribution in [3.63, 3.8) is 0 Å². The minimum atomic E-state index is -0.432. The van der Waals surface area contributed by atoms with E-state index in [4.69, 9.17) is 4.74 Å². The Morgan fingerprint density at radius 1 is 1.14 bits per heavy atom. The number of rotatable bonds is 4. The number of aliphatic hydroxyl groups excluding tert-OH is 1. The van der Waals surface area contributed by atoms with Gasteiger partial charge in [-0.15, -0.1) is 0 Å². The molecular weight excluding hydrogens is 278 g/mol. The SMILES string of the molecule is CC(C)(C)C1CCC(C(=O)NC[C@H](O)C2CCOCC2)CC1. The molecule has 4 nitrogen and oxygen atoms in total. The van der Waals surface area contributed by atoms with Crippen LogP contribution in [0.15, 0.2) is 0 Å². The molecule has 1 aliphatic carbocycles. The smallest absolute Gasteiger partial charge is 0.223 e. The van der Waals surface area contributed by atoms with Crippen LogP contribution in [-0.4, -0.2) is 36.9 Å². The molecule has 1 saturated carbocycles. The summed E-state index contributed by atoms with van der Waals surface area (Å²) >= 11 is 0. The molecule has 2 N–H and O–H groups in total. The number of amides is 1. The number of nitrogens with one attached hydrogen (secondary N) is 1. The number of carbonyl (C=O) groups is 1. The summed E-state index contributed by atoms with van der Waals surface area (Å²) in [7, 11) is 0. The molecule has 2 fully saturated rings. The lowest BCUT2D eigenvalue weighted by atomic mass is 9.69. The summed E-state index contributed by atoms with van der Waals surface area (Å²) in [5, 5.41) is 13.2. The van der Waals surface area contributed by atoms with E-state index in [1.54, 1.807) is 0 Å². The van der Waals surface area contributed by atoms with Crippen molar-refractivity contribution in [1.29, 1.82) is 0 Å². The number of carbonyl (C=O) groups excluding carboxylic acids is 1. The molecule has 4 heteroatoms. The number of ether oxygens (including phenoxy) is 1. The normalized spacial score (nSPS) is 29.1. The zero-order valence-electron chi connectivity index (χ0n) is 14.4. The summed E-state index contributed by atoms with van der Waals surface area (Å²) in [5.41, 5.74) is 0.348. The van der Waals surface area contributed by atoms with Crippen molar-refractivity contribution in [2.24, 2.45) is 23.2 Å². The van der Waals surface area contributed by atoms with E-state index in [1.807, 2.05) is 0 Å². The van der Waals surface area contributed by atoms with E-state index < -0.39 is 6.10 Å². The first-order valence-corrected chi connectivity index (χ1v) is 8.91. The lowest BCUT2D eigenvalue weighted by Gasteiger charge is -2.36. The zero-order chi connectivity index (χ0) is 16.2. The molecule has 1 aliphatic heterocycles. The van der Waals surface area contributed by atoms with Gasteiger partial charge in [-0.05, 0) is 55.8 Å². The minimum absolute atomic E-state index is 0.137. The standard InChI is InChI=1S/C18H33NO3/c1-18(2,3)15-6-4-14(5-7-15)17(21)19-12-16(20)13-8-10-22-11-9-13/h13-16,20H,4-12H2,1-3H3,(H,19,21)/t14?,15?,16-/m0/s1. The Balaban J connectivity index is 1.69. The second kappa shape index (κ2) is 7.78. The summed E-state index contributed by atoms with van der Waals surface area (Å²) in [4.78, 5) is 12.3. The van der Waals surface area contributed by atoms with Crippen LogP contribution in [0, 0.1) is 23.2 Å². The Bertz CT molecular complexity index is 350. The Hall–Kier alpha value is -0.610. The molecule has 1 saturated heterocycles. The van der Waals surface area contributed by atoms with Crippen LogP contribution in [0.2, 0.25) is 0 Å². The monoisotopic (exact) mass is 311 g/mol. The molecule has 128 valence electrons. The van der Waals surface area contributed by atoms with Crippen LogP contribution >= 0.6 is 0 Å². The summed E-state index contributed by atoms with van der Waals surface area (Å²) in [5.74, 6) is 1.27. The van der Waals surface area contributed by atoms with Gasteiger partial charge in [0.1, 0.15) is 0 Å². The van der Waals surface area contributed by atoms with Gasteiger partial charge in [0.2, 0.25) is 5.91 Å². The molecule has 0 aromatic rings. The summed E-state index contributed by atoms with van der Waals surface area (Å²) in [6, 6.07) is 0. The van der Waals surface area contributed by atoms with Crippen molar-refractivity contribution >= 4 is 5.91 Å². The van der Waals surface area contributed by atoms with Crippen molar-refractivity contribution < 1.29 is 14.6 Å². The Labute approximate surface area is 135 Å². The van der Waals surface area contributed by atoms with E-state index >= 15 is 0 Å². The van der Waals surface area contributed by atoms with Gasteiger partial charge >= 0.3 is 0 Å². The minimum Gasteiger partial charge on any atom is -0.391 e. The maximum atomic E-state index is 12.3. The third-order valence-corrected chi connectivity index (χ3v) is 5.62. The summed E-state index contributed by atoms with van der Waals surface area (Å²) in [6.07, 6.45) is 5.62. The first-order chi connectivity index (χ1) is 10.4. The average Bonchev–Trinajstić information content (AvgIpc) is 2.52. The van der Waals surface area contributed by atoms with Crippen molar-refractivity contribution in [2.45, 2.75) is 65.4 Å². The molecule has 1 amide bonds. The molecule has 0 aromatic carbocycles. The van der Waals surface area contributed by atoms with Crippen LogP contribution in [0.25, 0.3) is 0 Å². The maximum absolute atomic E-state index is 12.3. The first kappa shape index (κ1) is 17.7. The van der Waals surface area contributed by atoms with Crippen LogP contribution in [-0.2, 0) is 9.53 Å². The van der Waals surface area contributed by atoms with E-state index in [0.29, 0.717) is 12.0 Å². The highest BCUT2D eigenvalue weighted by Gasteiger charge is 2.32. The molecule has 2 aliphatic rings. The number of hydrogen-bond donors (Lipinski definition) is 2. The van der Waals surface area contributed by atoms with Crippen LogP contribution < -0.4 is 5.32 Å². The van der Waals surface area contributed by atoms with Crippen LogP contribution in [0.3, 0.4) is 0 Å². The number of aliphatic hydroxyl groups is 1.